The fourth-order valence-corrected chi connectivity index (χ4v) is 4.93. The van der Waals surface area contributed by atoms with Crippen molar-refractivity contribution in [3.63, 3.8) is 0 Å². The fourth-order valence-electron chi connectivity index (χ4n) is 2.79. The second-order valence-electron chi connectivity index (χ2n) is 5.50. The molecule has 1 aromatic heterocycles. The van der Waals surface area contributed by atoms with Gasteiger partial charge in [-0.2, -0.15) is 4.31 Å². The standard InChI is InChI=1S/C14H17N3O3S2/c15-14(18)7-10-3-5-17(6-4-10)22(19,20)11-1-2-13-12(8-11)16-9-21-13/h1-2,8-10H,3-7H2,(H2,15,18). The smallest absolute Gasteiger partial charge is 0.243 e. The third-order valence-corrected chi connectivity index (χ3v) is 6.71. The second kappa shape index (κ2) is 5.94. The molecule has 3 rings (SSSR count). The number of amides is 1. The Hall–Kier alpha value is -1.51. The molecule has 22 heavy (non-hydrogen) atoms. The average Bonchev–Trinajstić information content (AvgIpc) is 2.94. The van der Waals surface area contributed by atoms with Gasteiger partial charge in [0.15, 0.2) is 0 Å². The number of primary amides is 1. The fraction of sp³-hybridized carbons (Fsp3) is 0.429. The number of rotatable bonds is 4. The molecule has 0 atom stereocenters. The Kier molecular flexibility index (Phi) is 4.16. The van der Waals surface area contributed by atoms with Gasteiger partial charge >= 0.3 is 0 Å². The first-order valence-electron chi connectivity index (χ1n) is 7.08. The van der Waals surface area contributed by atoms with Gasteiger partial charge in [0.1, 0.15) is 0 Å². The van der Waals surface area contributed by atoms with Gasteiger partial charge in [0.05, 0.1) is 20.6 Å². The van der Waals surface area contributed by atoms with Crippen molar-refractivity contribution in [3.05, 3.63) is 23.7 Å². The van der Waals surface area contributed by atoms with E-state index in [1.165, 1.54) is 15.6 Å². The molecule has 118 valence electrons. The first-order valence-corrected chi connectivity index (χ1v) is 9.40. The van der Waals surface area contributed by atoms with E-state index in [1.807, 2.05) is 0 Å². The molecule has 2 N–H and O–H groups in total. The van der Waals surface area contributed by atoms with E-state index in [0.29, 0.717) is 37.9 Å². The Morgan fingerprint density at radius 2 is 2.09 bits per heavy atom. The maximum atomic E-state index is 12.7. The van der Waals surface area contributed by atoms with E-state index in [9.17, 15) is 13.2 Å². The lowest BCUT2D eigenvalue weighted by Gasteiger charge is -2.30. The van der Waals surface area contributed by atoms with Crippen molar-refractivity contribution in [2.45, 2.75) is 24.2 Å². The highest BCUT2D eigenvalue weighted by Gasteiger charge is 2.30. The van der Waals surface area contributed by atoms with Gasteiger partial charge in [0.25, 0.3) is 0 Å². The molecule has 1 aromatic carbocycles. The van der Waals surface area contributed by atoms with E-state index >= 15 is 0 Å². The molecule has 0 aliphatic carbocycles. The third kappa shape index (κ3) is 2.99. The van der Waals surface area contributed by atoms with Crippen molar-refractivity contribution >= 4 is 37.5 Å². The SMILES string of the molecule is NC(=O)CC1CCN(S(=O)(=O)c2ccc3scnc3c2)CC1. The number of carbonyl (C=O) groups is 1. The number of nitrogens with zero attached hydrogens (tertiary/aromatic N) is 2. The van der Waals surface area contributed by atoms with Crippen LogP contribution in [0.15, 0.2) is 28.6 Å². The van der Waals surface area contributed by atoms with Crippen molar-refractivity contribution in [1.29, 1.82) is 0 Å². The number of sulfonamides is 1. The van der Waals surface area contributed by atoms with E-state index in [4.69, 9.17) is 5.73 Å². The predicted molar refractivity (Wildman–Crippen MR) is 84.9 cm³/mol. The van der Waals surface area contributed by atoms with Gasteiger partial charge in [-0.15, -0.1) is 11.3 Å². The predicted octanol–water partition coefficient (Wildman–Crippen LogP) is 1.57. The molecule has 0 unspecified atom stereocenters. The summed E-state index contributed by atoms with van der Waals surface area (Å²) in [5, 5.41) is 0. The lowest BCUT2D eigenvalue weighted by Crippen LogP contribution is -2.39. The number of benzene rings is 1. The van der Waals surface area contributed by atoms with E-state index in [-0.39, 0.29) is 16.7 Å². The topological polar surface area (TPSA) is 93.4 Å². The summed E-state index contributed by atoms with van der Waals surface area (Å²) in [6.45, 7) is 0.852. The molecule has 0 spiro atoms. The Balaban J connectivity index is 1.77. The number of aromatic nitrogens is 1. The molecule has 0 saturated carbocycles. The number of hydrogen-bond acceptors (Lipinski definition) is 5. The zero-order chi connectivity index (χ0) is 15.7. The molecule has 1 amide bonds. The maximum Gasteiger partial charge on any atom is 0.243 e. The van der Waals surface area contributed by atoms with Gasteiger partial charge in [-0.25, -0.2) is 13.4 Å². The molecule has 2 heterocycles. The van der Waals surface area contributed by atoms with Crippen LogP contribution in [0.4, 0.5) is 0 Å². The Bertz CT molecular complexity index is 793. The molecule has 0 radical (unpaired) electrons. The molecule has 0 bridgehead atoms. The lowest BCUT2D eigenvalue weighted by atomic mass is 9.94. The summed E-state index contributed by atoms with van der Waals surface area (Å²) in [4.78, 5) is 15.4. The largest absolute Gasteiger partial charge is 0.370 e. The van der Waals surface area contributed by atoms with Crippen LogP contribution < -0.4 is 5.73 Å². The van der Waals surface area contributed by atoms with Crippen LogP contribution in [0.2, 0.25) is 0 Å². The van der Waals surface area contributed by atoms with Gasteiger partial charge in [0, 0.05) is 19.5 Å². The van der Waals surface area contributed by atoms with E-state index in [2.05, 4.69) is 4.98 Å². The molecule has 8 heteroatoms. The summed E-state index contributed by atoms with van der Waals surface area (Å²) >= 11 is 1.48. The van der Waals surface area contributed by atoms with E-state index < -0.39 is 10.0 Å². The van der Waals surface area contributed by atoms with Crippen LogP contribution in [0, 0.1) is 5.92 Å². The van der Waals surface area contributed by atoms with Crippen LogP contribution >= 0.6 is 11.3 Å². The van der Waals surface area contributed by atoms with Crippen LogP contribution in [0.3, 0.4) is 0 Å². The summed E-state index contributed by atoms with van der Waals surface area (Å²) in [5.74, 6) is -0.139. The molecule has 1 fully saturated rings. The van der Waals surface area contributed by atoms with E-state index in [0.717, 1.165) is 4.70 Å². The Morgan fingerprint density at radius 1 is 1.36 bits per heavy atom. The number of carbonyl (C=O) groups excluding carboxylic acids is 1. The number of hydrogen-bond donors (Lipinski definition) is 1. The molecular formula is C14H17N3O3S2. The minimum atomic E-state index is -3.50. The number of fused-ring (bicyclic) bond motifs is 1. The second-order valence-corrected chi connectivity index (χ2v) is 8.32. The van der Waals surface area contributed by atoms with Gasteiger partial charge in [-0.3, -0.25) is 4.79 Å². The van der Waals surface area contributed by atoms with Crippen molar-refractivity contribution < 1.29 is 13.2 Å². The van der Waals surface area contributed by atoms with Gasteiger partial charge in [-0.1, -0.05) is 0 Å². The van der Waals surface area contributed by atoms with Crippen molar-refractivity contribution in [2.75, 3.05) is 13.1 Å². The monoisotopic (exact) mass is 339 g/mol. The lowest BCUT2D eigenvalue weighted by molar-refractivity contribution is -0.119. The minimum Gasteiger partial charge on any atom is -0.370 e. The highest BCUT2D eigenvalue weighted by molar-refractivity contribution is 7.89. The van der Waals surface area contributed by atoms with Gasteiger partial charge < -0.3 is 5.73 Å². The first-order chi connectivity index (χ1) is 10.5. The summed E-state index contributed by atoms with van der Waals surface area (Å²) in [5.41, 5.74) is 7.61. The van der Waals surface area contributed by atoms with Crippen LogP contribution in [0.25, 0.3) is 10.2 Å². The van der Waals surface area contributed by atoms with Crippen molar-refractivity contribution in [1.82, 2.24) is 9.29 Å². The molecule has 6 nitrogen and oxygen atoms in total. The maximum absolute atomic E-state index is 12.7. The molecular weight excluding hydrogens is 322 g/mol. The quantitative estimate of drug-likeness (QED) is 0.915. The zero-order valence-electron chi connectivity index (χ0n) is 11.9. The summed E-state index contributed by atoms with van der Waals surface area (Å²) < 4.78 is 27.8. The minimum absolute atomic E-state index is 0.185. The van der Waals surface area contributed by atoms with Gasteiger partial charge in [0.2, 0.25) is 15.9 Å². The van der Waals surface area contributed by atoms with Gasteiger partial charge in [-0.05, 0) is 37.0 Å². The number of piperidine rings is 1. The first kappa shape index (κ1) is 15.4. The zero-order valence-corrected chi connectivity index (χ0v) is 13.6. The molecule has 1 aliphatic heterocycles. The Morgan fingerprint density at radius 3 is 2.77 bits per heavy atom. The summed E-state index contributed by atoms with van der Waals surface area (Å²) in [6, 6.07) is 5.04. The average molecular weight is 339 g/mol. The molecule has 1 saturated heterocycles. The highest BCUT2D eigenvalue weighted by Crippen LogP contribution is 2.27. The number of nitrogens with two attached hydrogens (primary N) is 1. The summed E-state index contributed by atoms with van der Waals surface area (Å²) in [6.07, 6.45) is 1.67. The van der Waals surface area contributed by atoms with Crippen LogP contribution in [-0.2, 0) is 14.8 Å². The van der Waals surface area contributed by atoms with E-state index in [1.54, 1.807) is 23.7 Å². The van der Waals surface area contributed by atoms with Crippen molar-refractivity contribution in [3.8, 4) is 0 Å². The number of thiazole rings is 1. The van der Waals surface area contributed by atoms with Crippen molar-refractivity contribution in [2.24, 2.45) is 11.7 Å². The highest BCUT2D eigenvalue weighted by atomic mass is 32.2. The normalized spacial score (nSPS) is 17.8. The van der Waals surface area contributed by atoms with Crippen LogP contribution in [0.1, 0.15) is 19.3 Å². The molecule has 2 aromatic rings. The van der Waals surface area contributed by atoms with Crippen LogP contribution in [0.5, 0.6) is 0 Å². The third-order valence-electron chi connectivity index (χ3n) is 4.00. The molecule has 1 aliphatic rings. The summed E-state index contributed by atoms with van der Waals surface area (Å²) in [7, 11) is -3.50. The Labute approximate surface area is 133 Å². The van der Waals surface area contributed by atoms with Crippen LogP contribution in [-0.4, -0.2) is 36.7 Å².